The van der Waals surface area contributed by atoms with E-state index in [1.54, 1.807) is 18.9 Å². The second kappa shape index (κ2) is 8.10. The second-order valence-corrected chi connectivity index (χ2v) is 8.56. The third-order valence-corrected chi connectivity index (χ3v) is 6.53. The van der Waals surface area contributed by atoms with Gasteiger partial charge in [0.05, 0.1) is 7.11 Å². The first kappa shape index (κ1) is 18.0. The number of carbonyl (C=O) groups is 1. The van der Waals surface area contributed by atoms with Crippen molar-refractivity contribution in [2.75, 3.05) is 12.4 Å². The molecule has 4 rings (SSSR count). The van der Waals surface area contributed by atoms with Gasteiger partial charge in [0, 0.05) is 11.7 Å². The van der Waals surface area contributed by atoms with Crippen LogP contribution in [0.1, 0.15) is 23.5 Å². The predicted molar refractivity (Wildman–Crippen MR) is 108 cm³/mol. The Morgan fingerprint density at radius 2 is 2.07 bits per heavy atom. The second-order valence-electron chi connectivity index (χ2n) is 6.36. The number of nitrogens with zero attached hydrogens (tertiary/aromatic N) is 2. The van der Waals surface area contributed by atoms with E-state index in [0.29, 0.717) is 11.0 Å². The van der Waals surface area contributed by atoms with E-state index in [0.717, 1.165) is 27.8 Å². The number of nitrogens with one attached hydrogen (secondary N) is 1. The van der Waals surface area contributed by atoms with Gasteiger partial charge >= 0.3 is 0 Å². The molecule has 2 aromatic carbocycles. The van der Waals surface area contributed by atoms with Crippen molar-refractivity contribution in [1.29, 1.82) is 0 Å². The number of hydrogen-bond donors (Lipinski definition) is 1. The number of methoxy groups -OCH3 is 1. The zero-order valence-electron chi connectivity index (χ0n) is 14.8. The molecular weight excluding hydrogens is 378 g/mol. The molecule has 1 fully saturated rings. The lowest BCUT2D eigenvalue weighted by atomic mass is 10.1. The minimum Gasteiger partial charge on any atom is -0.497 e. The molecule has 1 amide bonds. The van der Waals surface area contributed by atoms with Gasteiger partial charge in [0.15, 0.2) is 4.34 Å². The summed E-state index contributed by atoms with van der Waals surface area (Å²) in [6.07, 6.45) is 0.895. The maximum Gasteiger partial charge on any atom is 0.229 e. The number of hydrogen-bond acceptors (Lipinski definition) is 6. The topological polar surface area (TPSA) is 64.1 Å². The minimum atomic E-state index is 0.0317. The van der Waals surface area contributed by atoms with Gasteiger partial charge in [0.2, 0.25) is 11.0 Å². The summed E-state index contributed by atoms with van der Waals surface area (Å²) in [7, 11) is 1.66. The summed E-state index contributed by atoms with van der Waals surface area (Å²) < 4.78 is 6.08. The van der Waals surface area contributed by atoms with Gasteiger partial charge in [0.1, 0.15) is 5.75 Å². The molecule has 0 bridgehead atoms. The van der Waals surface area contributed by atoms with E-state index in [-0.39, 0.29) is 11.8 Å². The average molecular weight is 398 g/mol. The van der Waals surface area contributed by atoms with Crippen molar-refractivity contribution in [2.24, 2.45) is 5.92 Å². The van der Waals surface area contributed by atoms with E-state index in [1.165, 1.54) is 16.9 Å². The zero-order chi connectivity index (χ0) is 18.6. The van der Waals surface area contributed by atoms with Crippen molar-refractivity contribution in [3.8, 4) is 5.75 Å². The first-order chi connectivity index (χ1) is 13.2. The molecule has 0 spiro atoms. The lowest BCUT2D eigenvalue weighted by molar-refractivity contribution is -0.117. The number of benzene rings is 2. The molecule has 0 saturated heterocycles. The van der Waals surface area contributed by atoms with E-state index < -0.39 is 0 Å². The summed E-state index contributed by atoms with van der Waals surface area (Å²) in [5, 5.41) is 11.7. The largest absolute Gasteiger partial charge is 0.497 e. The Hall–Kier alpha value is -2.38. The minimum absolute atomic E-state index is 0.0317. The van der Waals surface area contributed by atoms with Crippen molar-refractivity contribution in [3.05, 3.63) is 65.7 Å². The highest BCUT2D eigenvalue weighted by Crippen LogP contribution is 2.48. The molecule has 0 aliphatic heterocycles. The highest BCUT2D eigenvalue weighted by atomic mass is 32.2. The molecule has 5 nitrogen and oxygen atoms in total. The van der Waals surface area contributed by atoms with Crippen LogP contribution < -0.4 is 10.1 Å². The first-order valence-electron chi connectivity index (χ1n) is 8.68. The quantitative estimate of drug-likeness (QED) is 0.467. The highest BCUT2D eigenvalue weighted by molar-refractivity contribution is 8.00. The normalized spacial score (nSPS) is 18.1. The summed E-state index contributed by atoms with van der Waals surface area (Å²) in [5.41, 5.74) is 2.38. The Labute approximate surface area is 166 Å². The fourth-order valence-corrected chi connectivity index (χ4v) is 4.68. The highest BCUT2D eigenvalue weighted by Gasteiger charge is 2.44. The van der Waals surface area contributed by atoms with Gasteiger partial charge in [-0.1, -0.05) is 65.6 Å². The van der Waals surface area contributed by atoms with Gasteiger partial charge in [-0.2, -0.15) is 0 Å². The Morgan fingerprint density at radius 1 is 1.22 bits per heavy atom. The maximum atomic E-state index is 12.4. The van der Waals surface area contributed by atoms with E-state index >= 15 is 0 Å². The molecule has 7 heteroatoms. The molecule has 1 N–H and O–H groups in total. The van der Waals surface area contributed by atoms with Crippen LogP contribution >= 0.6 is 23.1 Å². The van der Waals surface area contributed by atoms with Crippen LogP contribution in [0.3, 0.4) is 0 Å². The van der Waals surface area contributed by atoms with Crippen LogP contribution in [0.15, 0.2) is 58.9 Å². The monoisotopic (exact) mass is 397 g/mol. The van der Waals surface area contributed by atoms with E-state index in [1.807, 2.05) is 36.4 Å². The zero-order valence-corrected chi connectivity index (χ0v) is 16.4. The third-order valence-electron chi connectivity index (χ3n) is 4.49. The van der Waals surface area contributed by atoms with Crippen molar-refractivity contribution < 1.29 is 9.53 Å². The molecule has 1 saturated carbocycles. The molecule has 2 atom stereocenters. The van der Waals surface area contributed by atoms with Crippen LogP contribution in [0.2, 0.25) is 0 Å². The maximum absolute atomic E-state index is 12.4. The number of anilines is 1. The summed E-state index contributed by atoms with van der Waals surface area (Å²) in [6.45, 7) is 0. The van der Waals surface area contributed by atoms with Gasteiger partial charge in [0.25, 0.3) is 0 Å². The molecule has 0 unspecified atom stereocenters. The Kier molecular flexibility index (Phi) is 5.40. The van der Waals surface area contributed by atoms with Gasteiger partial charge in [-0.25, -0.2) is 0 Å². The van der Waals surface area contributed by atoms with E-state index in [2.05, 4.69) is 33.7 Å². The molecular formula is C20H19N3O2S2. The fourth-order valence-electron chi connectivity index (χ4n) is 2.98. The van der Waals surface area contributed by atoms with Gasteiger partial charge < -0.3 is 10.1 Å². The number of carbonyl (C=O) groups excluding carboxylic acids is 1. The predicted octanol–water partition coefficient (Wildman–Crippen LogP) is 4.58. The molecule has 1 aromatic heterocycles. The first-order valence-corrected chi connectivity index (χ1v) is 10.5. The smallest absolute Gasteiger partial charge is 0.229 e. The van der Waals surface area contributed by atoms with Crippen LogP contribution in [-0.4, -0.2) is 23.2 Å². The number of rotatable bonds is 7. The number of ether oxygens (including phenoxy) is 1. The molecule has 1 heterocycles. The number of amides is 1. The van der Waals surface area contributed by atoms with Crippen LogP contribution in [0.4, 0.5) is 5.13 Å². The lowest BCUT2D eigenvalue weighted by Crippen LogP contribution is -2.14. The molecule has 3 aromatic rings. The Balaban J connectivity index is 1.30. The third kappa shape index (κ3) is 4.48. The number of aromatic nitrogens is 2. The van der Waals surface area contributed by atoms with Crippen molar-refractivity contribution in [2.45, 2.75) is 22.4 Å². The average Bonchev–Trinajstić information content (AvgIpc) is 3.40. The summed E-state index contributed by atoms with van der Waals surface area (Å²) >= 11 is 3.01. The number of thioether (sulfide) groups is 1. The van der Waals surface area contributed by atoms with Gasteiger partial charge in [-0.3, -0.25) is 4.79 Å². The van der Waals surface area contributed by atoms with Crippen molar-refractivity contribution in [1.82, 2.24) is 10.2 Å². The Morgan fingerprint density at radius 3 is 2.89 bits per heavy atom. The summed E-state index contributed by atoms with van der Waals surface area (Å²) in [5.74, 6) is 2.00. The van der Waals surface area contributed by atoms with Crippen LogP contribution in [-0.2, 0) is 10.5 Å². The molecule has 138 valence electrons. The fraction of sp³-hybridized carbons (Fsp3) is 0.250. The van der Waals surface area contributed by atoms with E-state index in [4.69, 9.17) is 4.74 Å². The van der Waals surface area contributed by atoms with Crippen molar-refractivity contribution in [3.63, 3.8) is 0 Å². The summed E-state index contributed by atoms with van der Waals surface area (Å²) in [4.78, 5) is 12.4. The lowest BCUT2D eigenvalue weighted by Gasteiger charge is -2.02. The van der Waals surface area contributed by atoms with Gasteiger partial charge in [-0.15, -0.1) is 10.2 Å². The SMILES string of the molecule is COc1cccc(CSc2nnc(NC(=O)[C@H]3C[C@H]3c3ccccc3)s2)c1. The summed E-state index contributed by atoms with van der Waals surface area (Å²) in [6, 6.07) is 18.1. The van der Waals surface area contributed by atoms with Crippen LogP contribution in [0.25, 0.3) is 0 Å². The van der Waals surface area contributed by atoms with Crippen LogP contribution in [0.5, 0.6) is 5.75 Å². The van der Waals surface area contributed by atoms with Crippen molar-refractivity contribution >= 4 is 34.1 Å². The standard InChI is InChI=1S/C20H19N3O2S2/c1-25-15-9-5-6-13(10-15)12-26-20-23-22-19(27-20)21-18(24)17-11-16(17)14-7-3-2-4-8-14/h2-10,16-17H,11-12H2,1H3,(H,21,22,24)/t16-,17-/m0/s1. The molecule has 1 aliphatic carbocycles. The molecule has 1 aliphatic rings. The molecule has 0 radical (unpaired) electrons. The Bertz CT molecular complexity index is 930. The van der Waals surface area contributed by atoms with E-state index in [9.17, 15) is 4.79 Å². The molecule has 27 heavy (non-hydrogen) atoms. The van der Waals surface area contributed by atoms with Crippen LogP contribution in [0, 0.1) is 5.92 Å². The van der Waals surface area contributed by atoms with Gasteiger partial charge in [-0.05, 0) is 35.6 Å².